The van der Waals surface area contributed by atoms with E-state index in [2.05, 4.69) is 18.9 Å². The van der Waals surface area contributed by atoms with Crippen LogP contribution >= 0.6 is 0 Å². The maximum absolute atomic E-state index is 5.51. The Morgan fingerprint density at radius 3 is 2.92 bits per heavy atom. The Morgan fingerprint density at radius 1 is 1.54 bits per heavy atom. The molecule has 13 heavy (non-hydrogen) atoms. The van der Waals surface area contributed by atoms with Crippen molar-refractivity contribution in [2.75, 3.05) is 26.7 Å². The molecule has 0 aliphatic carbocycles. The van der Waals surface area contributed by atoms with Gasteiger partial charge in [0.1, 0.15) is 0 Å². The second-order valence-electron chi connectivity index (χ2n) is 3.98. The summed E-state index contributed by atoms with van der Waals surface area (Å²) in [5.74, 6) is 0. The third kappa shape index (κ3) is 3.63. The Balaban J connectivity index is 2.24. The quantitative estimate of drug-likeness (QED) is 0.707. The van der Waals surface area contributed by atoms with Gasteiger partial charge in [-0.15, -0.1) is 0 Å². The van der Waals surface area contributed by atoms with Crippen LogP contribution in [0, 0.1) is 0 Å². The number of nitrogens with two attached hydrogens (primary N) is 1. The predicted octanol–water partition coefficient (Wildman–Crippen LogP) is 0.834. The van der Waals surface area contributed by atoms with Crippen LogP contribution < -0.4 is 5.73 Å². The van der Waals surface area contributed by atoms with Crippen LogP contribution in [0.1, 0.15) is 26.2 Å². The Morgan fingerprint density at radius 2 is 2.31 bits per heavy atom. The molecule has 2 atom stereocenters. The smallest absolute Gasteiger partial charge is 0.0561 e. The first-order chi connectivity index (χ1) is 6.24. The Hall–Kier alpha value is -0.120. The molecule has 0 aromatic rings. The molecule has 78 valence electrons. The van der Waals surface area contributed by atoms with E-state index < -0.39 is 0 Å². The molecule has 0 radical (unpaired) electrons. The first-order valence-electron chi connectivity index (χ1n) is 5.26. The highest BCUT2D eigenvalue weighted by molar-refractivity contribution is 4.75. The van der Waals surface area contributed by atoms with Gasteiger partial charge in [0.15, 0.2) is 0 Å². The average Bonchev–Trinajstić information content (AvgIpc) is 2.14. The molecule has 1 aliphatic rings. The molecule has 1 saturated heterocycles. The van der Waals surface area contributed by atoms with E-state index in [0.29, 0.717) is 12.1 Å². The third-order valence-electron chi connectivity index (χ3n) is 2.80. The lowest BCUT2D eigenvalue weighted by Crippen LogP contribution is -2.40. The van der Waals surface area contributed by atoms with Gasteiger partial charge in [0, 0.05) is 12.6 Å². The van der Waals surface area contributed by atoms with E-state index in [1.165, 1.54) is 12.8 Å². The van der Waals surface area contributed by atoms with Crippen molar-refractivity contribution >= 4 is 0 Å². The zero-order valence-corrected chi connectivity index (χ0v) is 8.83. The molecule has 1 aliphatic heterocycles. The summed E-state index contributed by atoms with van der Waals surface area (Å²) in [6, 6.07) is 0.704. The molecule has 1 fully saturated rings. The molecular formula is C10H22N2O. The minimum atomic E-state index is 0.430. The summed E-state index contributed by atoms with van der Waals surface area (Å²) in [7, 11) is 2.19. The molecule has 3 heteroatoms. The van der Waals surface area contributed by atoms with Gasteiger partial charge in [-0.2, -0.15) is 0 Å². The SMILES string of the molecule is CC1CC(N(C)CCCN)CCO1. The van der Waals surface area contributed by atoms with Gasteiger partial charge in [-0.1, -0.05) is 0 Å². The molecule has 2 N–H and O–H groups in total. The van der Waals surface area contributed by atoms with Crippen LogP contribution in [0.15, 0.2) is 0 Å². The van der Waals surface area contributed by atoms with Gasteiger partial charge < -0.3 is 15.4 Å². The first kappa shape index (κ1) is 11.0. The minimum Gasteiger partial charge on any atom is -0.378 e. The Kier molecular flexibility index (Phi) is 4.70. The normalized spacial score (nSPS) is 29.5. The lowest BCUT2D eigenvalue weighted by Gasteiger charge is -2.34. The number of hydrogen-bond donors (Lipinski definition) is 1. The topological polar surface area (TPSA) is 38.5 Å². The maximum Gasteiger partial charge on any atom is 0.0561 e. The third-order valence-corrected chi connectivity index (χ3v) is 2.80. The van der Waals surface area contributed by atoms with Gasteiger partial charge in [-0.3, -0.25) is 0 Å². The Bertz CT molecular complexity index is 141. The van der Waals surface area contributed by atoms with Crippen molar-refractivity contribution in [2.24, 2.45) is 5.73 Å². The van der Waals surface area contributed by atoms with Crippen molar-refractivity contribution in [2.45, 2.75) is 38.3 Å². The van der Waals surface area contributed by atoms with Crippen molar-refractivity contribution in [1.29, 1.82) is 0 Å². The van der Waals surface area contributed by atoms with Crippen molar-refractivity contribution in [1.82, 2.24) is 4.90 Å². The van der Waals surface area contributed by atoms with Gasteiger partial charge >= 0.3 is 0 Å². The van der Waals surface area contributed by atoms with Gasteiger partial charge in [0.05, 0.1) is 6.10 Å². The van der Waals surface area contributed by atoms with Crippen molar-refractivity contribution in [3.05, 3.63) is 0 Å². The summed E-state index contributed by atoms with van der Waals surface area (Å²) in [4.78, 5) is 2.42. The fraction of sp³-hybridized carbons (Fsp3) is 1.00. The van der Waals surface area contributed by atoms with Crippen LogP contribution in [-0.4, -0.2) is 43.8 Å². The molecule has 3 nitrogen and oxygen atoms in total. The van der Waals surface area contributed by atoms with E-state index in [4.69, 9.17) is 10.5 Å². The van der Waals surface area contributed by atoms with E-state index in [-0.39, 0.29) is 0 Å². The zero-order chi connectivity index (χ0) is 9.68. The second-order valence-corrected chi connectivity index (χ2v) is 3.98. The van der Waals surface area contributed by atoms with Crippen molar-refractivity contribution in [3.8, 4) is 0 Å². The highest BCUT2D eigenvalue weighted by Crippen LogP contribution is 2.17. The highest BCUT2D eigenvalue weighted by atomic mass is 16.5. The van der Waals surface area contributed by atoms with Crippen LogP contribution in [0.5, 0.6) is 0 Å². The van der Waals surface area contributed by atoms with Gasteiger partial charge in [0.2, 0.25) is 0 Å². The van der Waals surface area contributed by atoms with E-state index in [1.54, 1.807) is 0 Å². The summed E-state index contributed by atoms with van der Waals surface area (Å²) in [6.45, 7) is 4.98. The molecular weight excluding hydrogens is 164 g/mol. The van der Waals surface area contributed by atoms with Crippen LogP contribution in [0.2, 0.25) is 0 Å². The van der Waals surface area contributed by atoms with E-state index in [9.17, 15) is 0 Å². The molecule has 1 rings (SSSR count). The number of ether oxygens (including phenoxy) is 1. The van der Waals surface area contributed by atoms with Crippen molar-refractivity contribution in [3.63, 3.8) is 0 Å². The Labute approximate surface area is 81.2 Å². The predicted molar refractivity (Wildman–Crippen MR) is 54.7 cm³/mol. The highest BCUT2D eigenvalue weighted by Gasteiger charge is 2.22. The summed E-state index contributed by atoms with van der Waals surface area (Å²) < 4.78 is 5.51. The summed E-state index contributed by atoms with van der Waals surface area (Å²) in [6.07, 6.45) is 3.87. The summed E-state index contributed by atoms with van der Waals surface area (Å²) in [5.41, 5.74) is 5.48. The second kappa shape index (κ2) is 5.58. The van der Waals surface area contributed by atoms with Gasteiger partial charge in [-0.25, -0.2) is 0 Å². The number of nitrogens with zero attached hydrogens (tertiary/aromatic N) is 1. The monoisotopic (exact) mass is 186 g/mol. The lowest BCUT2D eigenvalue weighted by molar-refractivity contribution is -0.0117. The van der Waals surface area contributed by atoms with Gasteiger partial charge in [0.25, 0.3) is 0 Å². The van der Waals surface area contributed by atoms with Crippen LogP contribution in [-0.2, 0) is 4.74 Å². The van der Waals surface area contributed by atoms with Crippen molar-refractivity contribution < 1.29 is 4.74 Å². The number of hydrogen-bond acceptors (Lipinski definition) is 3. The largest absolute Gasteiger partial charge is 0.378 e. The molecule has 0 amide bonds. The molecule has 0 aromatic heterocycles. The standard InChI is InChI=1S/C10H22N2O/c1-9-8-10(4-7-13-9)12(2)6-3-5-11/h9-10H,3-8,11H2,1-2H3. The molecule has 1 heterocycles. The molecule has 0 aromatic carbocycles. The summed E-state index contributed by atoms with van der Waals surface area (Å²) >= 11 is 0. The average molecular weight is 186 g/mol. The van der Waals surface area contributed by atoms with E-state index >= 15 is 0 Å². The van der Waals surface area contributed by atoms with E-state index in [0.717, 1.165) is 26.1 Å². The molecule has 2 unspecified atom stereocenters. The molecule has 0 bridgehead atoms. The fourth-order valence-corrected chi connectivity index (χ4v) is 1.90. The summed E-state index contributed by atoms with van der Waals surface area (Å²) in [5, 5.41) is 0. The molecule has 0 spiro atoms. The molecule has 0 saturated carbocycles. The minimum absolute atomic E-state index is 0.430. The van der Waals surface area contributed by atoms with Gasteiger partial charge in [-0.05, 0) is 46.3 Å². The lowest BCUT2D eigenvalue weighted by atomic mass is 10.0. The zero-order valence-electron chi connectivity index (χ0n) is 8.83. The van der Waals surface area contributed by atoms with Crippen LogP contribution in [0.25, 0.3) is 0 Å². The van der Waals surface area contributed by atoms with Crippen LogP contribution in [0.3, 0.4) is 0 Å². The van der Waals surface area contributed by atoms with E-state index in [1.807, 2.05) is 0 Å². The maximum atomic E-state index is 5.51. The number of rotatable bonds is 4. The first-order valence-corrected chi connectivity index (χ1v) is 5.26. The van der Waals surface area contributed by atoms with Crippen LogP contribution in [0.4, 0.5) is 0 Å². The fourth-order valence-electron chi connectivity index (χ4n) is 1.90.